The Labute approximate surface area is 202 Å². The Kier molecular flexibility index (Phi) is 8.44. The minimum absolute atomic E-state index is 0.00215. The number of hydrogen-bond donors (Lipinski definition) is 4. The van der Waals surface area contributed by atoms with Crippen LogP contribution in [0.1, 0.15) is 42.5 Å². The predicted molar refractivity (Wildman–Crippen MR) is 127 cm³/mol. The molecule has 10 heteroatoms. The summed E-state index contributed by atoms with van der Waals surface area (Å²) in [5, 5.41) is 11.2. The summed E-state index contributed by atoms with van der Waals surface area (Å²) in [7, 11) is 0. The van der Waals surface area contributed by atoms with Gasteiger partial charge in [0.1, 0.15) is 0 Å². The third-order valence-corrected chi connectivity index (χ3v) is 6.04. The lowest BCUT2D eigenvalue weighted by Crippen LogP contribution is -2.49. The van der Waals surface area contributed by atoms with Gasteiger partial charge in [-0.2, -0.15) is 0 Å². The van der Waals surface area contributed by atoms with Crippen LogP contribution in [0.5, 0.6) is 0 Å². The molecular formula is C24H28ClFN4O4. The third kappa shape index (κ3) is 6.66. The molecule has 1 heterocycles. The number of alkyl halides is 1. The summed E-state index contributed by atoms with van der Waals surface area (Å²) in [6.45, 7) is 7.43. The zero-order valence-corrected chi connectivity index (χ0v) is 19.5. The van der Waals surface area contributed by atoms with Crippen molar-refractivity contribution in [1.29, 1.82) is 0 Å². The Bertz CT molecular complexity index is 1020. The Morgan fingerprint density at radius 1 is 1.18 bits per heavy atom. The second-order valence-corrected chi connectivity index (χ2v) is 8.93. The van der Waals surface area contributed by atoms with E-state index in [0.29, 0.717) is 6.54 Å². The van der Waals surface area contributed by atoms with E-state index in [-0.39, 0.29) is 46.6 Å². The lowest BCUT2D eigenvalue weighted by molar-refractivity contribution is -0.139. The highest BCUT2D eigenvalue weighted by Gasteiger charge is 2.35. The maximum absolute atomic E-state index is 13.2. The van der Waals surface area contributed by atoms with E-state index in [2.05, 4.69) is 34.4 Å². The van der Waals surface area contributed by atoms with E-state index in [9.17, 15) is 23.6 Å². The standard InChI is InChI=1S/C24H28ClFN4O4/c1-13(7-9-26)22(32)29-19-6-3-16(25)12-18(19)23(33)30-20(11-15-8-10-27-14(15)2)21(31)24(34)28-17-4-5-17/h3,6,12,15,17,20,27H,1-2,4-5,7-11H2,(H,28,34)(H,29,32)(H,30,33). The molecule has 0 spiro atoms. The average molecular weight is 491 g/mol. The maximum Gasteiger partial charge on any atom is 0.289 e. The van der Waals surface area contributed by atoms with Crippen molar-refractivity contribution in [3.05, 3.63) is 53.2 Å². The van der Waals surface area contributed by atoms with E-state index in [1.807, 2.05) is 0 Å². The number of amides is 3. The summed E-state index contributed by atoms with van der Waals surface area (Å²) in [4.78, 5) is 50.9. The lowest BCUT2D eigenvalue weighted by Gasteiger charge is -2.22. The van der Waals surface area contributed by atoms with Crippen molar-refractivity contribution in [3.8, 4) is 0 Å². The molecule has 3 amide bonds. The summed E-state index contributed by atoms with van der Waals surface area (Å²) >= 11 is 6.07. The second-order valence-electron chi connectivity index (χ2n) is 8.50. The summed E-state index contributed by atoms with van der Waals surface area (Å²) in [5.74, 6) is -2.91. The highest BCUT2D eigenvalue weighted by Crippen LogP contribution is 2.26. The molecule has 2 aliphatic rings. The molecule has 0 radical (unpaired) electrons. The van der Waals surface area contributed by atoms with Crippen LogP contribution >= 0.6 is 11.6 Å². The van der Waals surface area contributed by atoms with Gasteiger partial charge in [-0.3, -0.25) is 23.6 Å². The second kappa shape index (κ2) is 11.3. The fourth-order valence-corrected chi connectivity index (χ4v) is 3.80. The van der Waals surface area contributed by atoms with Gasteiger partial charge in [-0.25, -0.2) is 0 Å². The number of rotatable bonds is 11. The number of nitrogens with one attached hydrogen (secondary N) is 4. The Morgan fingerprint density at radius 2 is 1.91 bits per heavy atom. The summed E-state index contributed by atoms with van der Waals surface area (Å²) in [6.07, 6.45) is 2.41. The molecule has 1 aliphatic carbocycles. The molecule has 1 saturated carbocycles. The lowest BCUT2D eigenvalue weighted by atomic mass is 9.93. The molecule has 1 aliphatic heterocycles. The van der Waals surface area contributed by atoms with Crippen LogP contribution in [0.25, 0.3) is 0 Å². The van der Waals surface area contributed by atoms with Crippen LogP contribution in [-0.4, -0.2) is 48.8 Å². The molecule has 4 N–H and O–H groups in total. The quantitative estimate of drug-likeness (QED) is 0.281. The summed E-state index contributed by atoms with van der Waals surface area (Å²) in [6, 6.07) is 3.13. The fourth-order valence-electron chi connectivity index (χ4n) is 3.63. The van der Waals surface area contributed by atoms with Crippen LogP contribution in [0.4, 0.5) is 10.1 Å². The summed E-state index contributed by atoms with van der Waals surface area (Å²) < 4.78 is 12.6. The van der Waals surface area contributed by atoms with Gasteiger partial charge in [-0.15, -0.1) is 0 Å². The minimum Gasteiger partial charge on any atom is -0.389 e. The fraction of sp³-hybridized carbons (Fsp3) is 0.417. The van der Waals surface area contributed by atoms with Crippen LogP contribution in [0.3, 0.4) is 0 Å². The molecule has 2 unspecified atom stereocenters. The van der Waals surface area contributed by atoms with Crippen LogP contribution < -0.4 is 21.3 Å². The molecule has 1 aromatic carbocycles. The van der Waals surface area contributed by atoms with Gasteiger partial charge in [0.05, 0.1) is 24.0 Å². The molecule has 0 aromatic heterocycles. The first kappa shape index (κ1) is 25.4. The number of halogens is 2. The van der Waals surface area contributed by atoms with Crippen LogP contribution in [0.15, 0.2) is 42.6 Å². The molecule has 34 heavy (non-hydrogen) atoms. The van der Waals surface area contributed by atoms with Crippen molar-refractivity contribution in [2.75, 3.05) is 18.5 Å². The topological polar surface area (TPSA) is 116 Å². The maximum atomic E-state index is 13.2. The Balaban J connectivity index is 1.80. The van der Waals surface area contributed by atoms with Crippen molar-refractivity contribution in [2.24, 2.45) is 5.92 Å². The van der Waals surface area contributed by atoms with Crippen molar-refractivity contribution >= 4 is 40.8 Å². The predicted octanol–water partition coefficient (Wildman–Crippen LogP) is 2.65. The molecule has 1 saturated heterocycles. The van der Waals surface area contributed by atoms with Crippen LogP contribution in [0, 0.1) is 5.92 Å². The first-order valence-corrected chi connectivity index (χ1v) is 11.5. The number of carbonyl (C=O) groups excluding carboxylic acids is 4. The molecular weight excluding hydrogens is 463 g/mol. The van der Waals surface area contributed by atoms with E-state index < -0.39 is 36.2 Å². The number of Topliss-reactive ketones (excluding diaryl/α,β-unsaturated/α-hetero) is 1. The largest absolute Gasteiger partial charge is 0.389 e. The zero-order valence-electron chi connectivity index (χ0n) is 18.7. The third-order valence-electron chi connectivity index (χ3n) is 5.81. The highest BCUT2D eigenvalue weighted by molar-refractivity contribution is 6.38. The van der Waals surface area contributed by atoms with Crippen molar-refractivity contribution < 1.29 is 23.6 Å². The number of allylic oxidation sites excluding steroid dienone is 1. The molecule has 2 fully saturated rings. The monoisotopic (exact) mass is 490 g/mol. The van der Waals surface area contributed by atoms with Gasteiger partial charge in [-0.05, 0) is 43.9 Å². The van der Waals surface area contributed by atoms with Gasteiger partial charge >= 0.3 is 0 Å². The average Bonchev–Trinajstić information content (AvgIpc) is 3.53. The normalized spacial score (nSPS) is 17.9. The zero-order chi connectivity index (χ0) is 24.8. The van der Waals surface area contributed by atoms with Crippen LogP contribution in [-0.2, 0) is 14.4 Å². The number of ketones is 1. The number of benzene rings is 1. The van der Waals surface area contributed by atoms with Crippen molar-refractivity contribution in [2.45, 2.75) is 44.2 Å². The first-order valence-electron chi connectivity index (χ1n) is 11.1. The van der Waals surface area contributed by atoms with E-state index in [1.54, 1.807) is 0 Å². The molecule has 1 aromatic rings. The Morgan fingerprint density at radius 3 is 2.53 bits per heavy atom. The van der Waals surface area contributed by atoms with Gasteiger partial charge in [0.15, 0.2) is 0 Å². The molecule has 3 rings (SSSR count). The minimum atomic E-state index is -1.10. The molecule has 8 nitrogen and oxygen atoms in total. The number of hydrogen-bond acceptors (Lipinski definition) is 5. The van der Waals surface area contributed by atoms with E-state index in [0.717, 1.165) is 25.0 Å². The van der Waals surface area contributed by atoms with Crippen LogP contribution in [0.2, 0.25) is 5.02 Å². The van der Waals surface area contributed by atoms with Gasteiger partial charge < -0.3 is 21.3 Å². The van der Waals surface area contributed by atoms with E-state index in [1.165, 1.54) is 18.2 Å². The van der Waals surface area contributed by atoms with Gasteiger partial charge in [-0.1, -0.05) is 24.8 Å². The first-order chi connectivity index (χ1) is 16.2. The molecule has 0 bridgehead atoms. The van der Waals surface area contributed by atoms with E-state index >= 15 is 0 Å². The van der Waals surface area contributed by atoms with Gasteiger partial charge in [0, 0.05) is 41.2 Å². The molecule has 182 valence electrons. The van der Waals surface area contributed by atoms with Gasteiger partial charge in [0.25, 0.3) is 17.7 Å². The SMILES string of the molecule is C=C(CCF)C(=O)Nc1ccc(Cl)cc1C(=O)NC(CC1CCNC1=C)C(=O)C(=O)NC1CC1. The van der Waals surface area contributed by atoms with E-state index in [4.69, 9.17) is 11.6 Å². The number of carbonyl (C=O) groups is 4. The highest BCUT2D eigenvalue weighted by atomic mass is 35.5. The molecule has 2 atom stereocenters. The Hall–Kier alpha value is -3.20. The number of anilines is 1. The smallest absolute Gasteiger partial charge is 0.289 e. The van der Waals surface area contributed by atoms with Gasteiger partial charge in [0.2, 0.25) is 5.78 Å². The summed E-state index contributed by atoms with van der Waals surface area (Å²) in [5.41, 5.74) is 0.878. The van der Waals surface area contributed by atoms with Crippen molar-refractivity contribution in [1.82, 2.24) is 16.0 Å². The van der Waals surface area contributed by atoms with Crippen molar-refractivity contribution in [3.63, 3.8) is 0 Å².